The summed E-state index contributed by atoms with van der Waals surface area (Å²) in [4.78, 5) is 29.0. The van der Waals surface area contributed by atoms with Gasteiger partial charge >= 0.3 is 0 Å². The third-order valence-corrected chi connectivity index (χ3v) is 6.46. The molecule has 1 atom stereocenters. The molecule has 5 heteroatoms. The molecule has 3 aromatic carbocycles. The summed E-state index contributed by atoms with van der Waals surface area (Å²) in [5, 5.41) is 1.08. The van der Waals surface area contributed by atoms with E-state index in [4.69, 9.17) is 16.0 Å². The second kappa shape index (κ2) is 7.64. The molecule has 2 heterocycles. The number of halogens is 1. The molecule has 160 valence electrons. The molecule has 0 N–H and O–H groups in total. The first-order valence-corrected chi connectivity index (χ1v) is 10.9. The van der Waals surface area contributed by atoms with E-state index in [0.717, 1.165) is 27.8 Å². The normalized spacial score (nSPS) is 15.4. The Morgan fingerprint density at radius 1 is 0.938 bits per heavy atom. The van der Waals surface area contributed by atoms with Gasteiger partial charge in [0.15, 0.2) is 5.43 Å². The molecule has 32 heavy (non-hydrogen) atoms. The molecule has 0 saturated carbocycles. The van der Waals surface area contributed by atoms with Crippen LogP contribution in [0.2, 0.25) is 5.02 Å². The highest BCUT2D eigenvalue weighted by Crippen LogP contribution is 2.40. The predicted molar refractivity (Wildman–Crippen MR) is 126 cm³/mol. The van der Waals surface area contributed by atoms with Crippen molar-refractivity contribution in [3.8, 4) is 0 Å². The zero-order chi connectivity index (χ0) is 22.6. The van der Waals surface area contributed by atoms with Crippen LogP contribution in [-0.2, 0) is 6.54 Å². The van der Waals surface area contributed by atoms with Crippen molar-refractivity contribution in [1.29, 1.82) is 0 Å². The van der Waals surface area contributed by atoms with Crippen molar-refractivity contribution in [3.05, 3.63) is 115 Å². The van der Waals surface area contributed by atoms with Crippen LogP contribution in [0.15, 0.2) is 69.9 Å². The molecule has 0 bridgehead atoms. The Morgan fingerprint density at radius 2 is 1.66 bits per heavy atom. The number of hydrogen-bond donors (Lipinski definition) is 0. The maximum Gasteiger partial charge on any atom is 0.291 e. The van der Waals surface area contributed by atoms with Crippen LogP contribution in [0.25, 0.3) is 11.0 Å². The van der Waals surface area contributed by atoms with E-state index < -0.39 is 6.04 Å². The number of rotatable bonds is 3. The van der Waals surface area contributed by atoms with Gasteiger partial charge in [0.2, 0.25) is 5.76 Å². The summed E-state index contributed by atoms with van der Waals surface area (Å²) < 4.78 is 6.13. The Labute approximate surface area is 191 Å². The smallest absolute Gasteiger partial charge is 0.291 e. The number of amides is 1. The van der Waals surface area contributed by atoms with Gasteiger partial charge in [0.05, 0.1) is 17.0 Å². The van der Waals surface area contributed by atoms with Gasteiger partial charge in [0.1, 0.15) is 5.58 Å². The zero-order valence-corrected chi connectivity index (χ0v) is 18.9. The molecule has 1 aliphatic heterocycles. The van der Waals surface area contributed by atoms with Gasteiger partial charge in [-0.3, -0.25) is 9.59 Å². The molecular formula is C27H22ClNO3. The third-order valence-electron chi connectivity index (χ3n) is 6.09. The Hall–Kier alpha value is -3.37. The Morgan fingerprint density at radius 3 is 2.38 bits per heavy atom. The number of aryl methyl sites for hydroxylation is 3. The lowest BCUT2D eigenvalue weighted by atomic mass is 9.96. The minimum Gasteiger partial charge on any atom is -0.450 e. The van der Waals surface area contributed by atoms with Gasteiger partial charge in [0.25, 0.3) is 5.91 Å². The van der Waals surface area contributed by atoms with Crippen LogP contribution in [0.3, 0.4) is 0 Å². The van der Waals surface area contributed by atoms with Gasteiger partial charge < -0.3 is 9.32 Å². The highest BCUT2D eigenvalue weighted by Gasteiger charge is 2.43. The van der Waals surface area contributed by atoms with Crippen LogP contribution in [-0.4, -0.2) is 10.8 Å². The number of fused-ring (bicyclic) bond motifs is 2. The molecule has 0 saturated heterocycles. The van der Waals surface area contributed by atoms with Crippen LogP contribution >= 0.6 is 11.6 Å². The van der Waals surface area contributed by atoms with E-state index in [1.807, 2.05) is 75.4 Å². The second-order valence-corrected chi connectivity index (χ2v) is 8.88. The minimum absolute atomic E-state index is 0.118. The highest BCUT2D eigenvalue weighted by molar-refractivity contribution is 6.31. The second-order valence-electron chi connectivity index (χ2n) is 8.47. The molecule has 4 nitrogen and oxygen atoms in total. The zero-order valence-electron chi connectivity index (χ0n) is 18.1. The molecule has 1 aromatic heterocycles. The number of hydrogen-bond acceptors (Lipinski definition) is 3. The molecule has 4 aromatic rings. The van der Waals surface area contributed by atoms with E-state index >= 15 is 0 Å². The molecule has 5 rings (SSSR count). The average molecular weight is 444 g/mol. The Kier molecular flexibility index (Phi) is 4.90. The lowest BCUT2D eigenvalue weighted by molar-refractivity contribution is 0.0714. The fraction of sp³-hybridized carbons (Fsp3) is 0.185. The van der Waals surface area contributed by atoms with Gasteiger partial charge in [-0.2, -0.15) is 0 Å². The summed E-state index contributed by atoms with van der Waals surface area (Å²) in [6.07, 6.45) is 0. The van der Waals surface area contributed by atoms with Crippen LogP contribution in [0.4, 0.5) is 0 Å². The van der Waals surface area contributed by atoms with Crippen molar-refractivity contribution >= 4 is 28.5 Å². The molecule has 0 radical (unpaired) electrons. The molecule has 1 unspecified atom stereocenters. The highest BCUT2D eigenvalue weighted by atomic mass is 35.5. The SMILES string of the molecule is Cc1ccc(C2c3c(oc4c(C)cc(C)cc4c3=O)C(=O)N2Cc2ccccc2Cl)cc1. The van der Waals surface area contributed by atoms with Gasteiger partial charge in [-0.1, -0.05) is 65.7 Å². The van der Waals surface area contributed by atoms with Crippen molar-refractivity contribution in [1.82, 2.24) is 4.90 Å². The van der Waals surface area contributed by atoms with Gasteiger partial charge in [-0.15, -0.1) is 0 Å². The van der Waals surface area contributed by atoms with E-state index in [1.165, 1.54) is 0 Å². The van der Waals surface area contributed by atoms with E-state index in [1.54, 1.807) is 11.0 Å². The fourth-order valence-electron chi connectivity index (χ4n) is 4.54. The molecule has 0 aliphatic carbocycles. The number of benzene rings is 3. The quantitative estimate of drug-likeness (QED) is 0.383. The van der Waals surface area contributed by atoms with Gasteiger partial charge in [0, 0.05) is 11.6 Å². The summed E-state index contributed by atoms with van der Waals surface area (Å²) in [5.41, 5.74) is 5.30. The van der Waals surface area contributed by atoms with Crippen molar-refractivity contribution < 1.29 is 9.21 Å². The van der Waals surface area contributed by atoms with Crippen molar-refractivity contribution in [2.45, 2.75) is 33.4 Å². The summed E-state index contributed by atoms with van der Waals surface area (Å²) in [5.74, 6) is -0.184. The van der Waals surface area contributed by atoms with Crippen molar-refractivity contribution in [2.75, 3.05) is 0 Å². The number of nitrogens with zero attached hydrogens (tertiary/aromatic N) is 1. The standard InChI is InChI=1S/C27H22ClNO3/c1-15-8-10-18(11-9-15)23-22-24(30)20-13-16(2)12-17(3)25(20)32-26(22)27(31)29(23)14-19-6-4-5-7-21(19)28/h4-13,23H,14H2,1-3H3. The molecular weight excluding hydrogens is 422 g/mol. The van der Waals surface area contributed by atoms with Crippen LogP contribution < -0.4 is 5.43 Å². The molecule has 1 aliphatic rings. The van der Waals surface area contributed by atoms with Gasteiger partial charge in [-0.25, -0.2) is 0 Å². The molecule has 1 amide bonds. The number of carbonyl (C=O) groups is 1. The van der Waals surface area contributed by atoms with Gasteiger partial charge in [-0.05, 0) is 55.2 Å². The van der Waals surface area contributed by atoms with Crippen molar-refractivity contribution in [2.24, 2.45) is 0 Å². The first kappa shape index (κ1) is 20.5. The average Bonchev–Trinajstić information content (AvgIpc) is 3.03. The first-order chi connectivity index (χ1) is 15.3. The minimum atomic E-state index is -0.546. The van der Waals surface area contributed by atoms with E-state index in [2.05, 4.69) is 0 Å². The Bertz CT molecular complexity index is 1440. The largest absolute Gasteiger partial charge is 0.450 e. The lowest BCUT2D eigenvalue weighted by Gasteiger charge is -2.25. The first-order valence-electron chi connectivity index (χ1n) is 10.5. The van der Waals surface area contributed by atoms with E-state index in [9.17, 15) is 9.59 Å². The van der Waals surface area contributed by atoms with Crippen LogP contribution in [0.5, 0.6) is 0 Å². The van der Waals surface area contributed by atoms with Crippen LogP contribution in [0, 0.1) is 20.8 Å². The topological polar surface area (TPSA) is 50.5 Å². The lowest BCUT2D eigenvalue weighted by Crippen LogP contribution is -2.29. The maximum absolute atomic E-state index is 13.7. The fourth-order valence-corrected chi connectivity index (χ4v) is 4.74. The maximum atomic E-state index is 13.7. The molecule has 0 spiro atoms. The van der Waals surface area contributed by atoms with Crippen LogP contribution in [0.1, 0.15) is 50.0 Å². The third kappa shape index (κ3) is 3.23. The summed E-state index contributed by atoms with van der Waals surface area (Å²) in [7, 11) is 0. The summed E-state index contributed by atoms with van der Waals surface area (Å²) in [6, 6.07) is 18.6. The summed E-state index contributed by atoms with van der Waals surface area (Å²) >= 11 is 6.41. The molecule has 0 fully saturated rings. The summed E-state index contributed by atoms with van der Waals surface area (Å²) in [6.45, 7) is 6.12. The monoisotopic (exact) mass is 443 g/mol. The predicted octanol–water partition coefficient (Wildman–Crippen LogP) is 6.12. The van der Waals surface area contributed by atoms with Crippen molar-refractivity contribution in [3.63, 3.8) is 0 Å². The Balaban J connectivity index is 1.76. The van der Waals surface area contributed by atoms with E-state index in [-0.39, 0.29) is 23.6 Å². The number of carbonyl (C=O) groups excluding carboxylic acids is 1. The van der Waals surface area contributed by atoms with E-state index in [0.29, 0.717) is 21.6 Å².